The molecule has 96 valence electrons. The van der Waals surface area contributed by atoms with E-state index in [2.05, 4.69) is 5.10 Å². The summed E-state index contributed by atoms with van der Waals surface area (Å²) in [5.41, 5.74) is 2.79. The number of nitrogens with zero attached hydrogens (tertiary/aromatic N) is 2. The summed E-state index contributed by atoms with van der Waals surface area (Å²) < 4.78 is 6.85. The molecule has 3 nitrogen and oxygen atoms in total. The average Bonchev–Trinajstić information content (AvgIpc) is 2.67. The maximum atomic E-state index is 6.28. The van der Waals surface area contributed by atoms with Crippen molar-refractivity contribution in [1.82, 2.24) is 9.78 Å². The molecular formula is C13H14Cl2N2O. The lowest BCUT2D eigenvalue weighted by molar-refractivity contribution is 0.180. The largest absolute Gasteiger partial charge is 0.378 e. The summed E-state index contributed by atoms with van der Waals surface area (Å²) in [7, 11) is 1.63. The molecule has 1 aromatic carbocycles. The summed E-state index contributed by atoms with van der Waals surface area (Å²) in [5, 5.41) is 5.03. The van der Waals surface area contributed by atoms with Crippen molar-refractivity contribution in [1.29, 1.82) is 0 Å². The summed E-state index contributed by atoms with van der Waals surface area (Å²) in [6, 6.07) is 10.0. The summed E-state index contributed by atoms with van der Waals surface area (Å²) in [5.74, 6) is 0.340. The zero-order valence-electron chi connectivity index (χ0n) is 10.1. The first-order chi connectivity index (χ1) is 8.76. The van der Waals surface area contributed by atoms with E-state index in [1.165, 1.54) is 0 Å². The number of hydrogen-bond acceptors (Lipinski definition) is 2. The number of methoxy groups -OCH3 is 1. The van der Waals surface area contributed by atoms with Gasteiger partial charge in [0.1, 0.15) is 5.15 Å². The first-order valence-corrected chi connectivity index (χ1v) is 6.50. The fourth-order valence-electron chi connectivity index (χ4n) is 1.77. The van der Waals surface area contributed by atoms with Crippen molar-refractivity contribution in [3.63, 3.8) is 0 Å². The van der Waals surface area contributed by atoms with E-state index < -0.39 is 0 Å². The third-order valence-electron chi connectivity index (χ3n) is 2.66. The Kier molecular flexibility index (Phi) is 4.64. The minimum absolute atomic E-state index is 0.340. The molecule has 0 fully saturated rings. The van der Waals surface area contributed by atoms with E-state index in [-0.39, 0.29) is 0 Å². The molecule has 0 radical (unpaired) electrons. The lowest BCUT2D eigenvalue weighted by Gasteiger charge is -2.03. The Bertz CT molecular complexity index is 511. The Morgan fingerprint density at radius 1 is 1.28 bits per heavy atom. The van der Waals surface area contributed by atoms with Crippen molar-refractivity contribution >= 4 is 23.2 Å². The summed E-state index contributed by atoms with van der Waals surface area (Å²) in [4.78, 5) is 0. The van der Waals surface area contributed by atoms with E-state index in [1.807, 2.05) is 30.3 Å². The highest BCUT2D eigenvalue weighted by atomic mass is 35.5. The molecule has 0 unspecified atom stereocenters. The fourth-order valence-corrected chi connectivity index (χ4v) is 2.39. The molecule has 0 aliphatic rings. The van der Waals surface area contributed by atoms with Gasteiger partial charge in [-0.25, -0.2) is 4.68 Å². The first-order valence-electron chi connectivity index (χ1n) is 5.59. The van der Waals surface area contributed by atoms with Crippen molar-refractivity contribution in [2.75, 3.05) is 7.11 Å². The Hall–Kier alpha value is -1.03. The van der Waals surface area contributed by atoms with Gasteiger partial charge in [-0.15, -0.1) is 11.6 Å². The number of benzene rings is 1. The van der Waals surface area contributed by atoms with Crippen LogP contribution in [-0.4, -0.2) is 16.9 Å². The molecule has 0 spiro atoms. The average molecular weight is 285 g/mol. The lowest BCUT2D eigenvalue weighted by atomic mass is 10.2. The van der Waals surface area contributed by atoms with Crippen molar-refractivity contribution < 1.29 is 4.74 Å². The van der Waals surface area contributed by atoms with E-state index in [0.29, 0.717) is 24.2 Å². The highest BCUT2D eigenvalue weighted by molar-refractivity contribution is 6.31. The van der Waals surface area contributed by atoms with Gasteiger partial charge in [-0.3, -0.25) is 0 Å². The Morgan fingerprint density at radius 2 is 2.00 bits per heavy atom. The highest BCUT2D eigenvalue weighted by Crippen LogP contribution is 2.23. The van der Waals surface area contributed by atoms with Gasteiger partial charge in [-0.05, 0) is 5.56 Å². The molecule has 5 heteroatoms. The molecule has 0 N–H and O–H groups in total. The van der Waals surface area contributed by atoms with Crippen LogP contribution in [0.25, 0.3) is 0 Å². The standard InChI is InChI=1S/C13H14Cl2N2O/c1-18-9-12-11(7-14)13(15)17(16-12)8-10-5-3-2-4-6-10/h2-6H,7-9H2,1H3. The third kappa shape index (κ3) is 2.86. The second kappa shape index (κ2) is 6.23. The molecule has 0 amide bonds. The summed E-state index contributed by atoms with van der Waals surface area (Å²) in [6.45, 7) is 1.05. The van der Waals surface area contributed by atoms with Crippen molar-refractivity contribution in [2.45, 2.75) is 19.0 Å². The van der Waals surface area contributed by atoms with Gasteiger partial charge in [-0.1, -0.05) is 41.9 Å². The first kappa shape index (κ1) is 13.4. The van der Waals surface area contributed by atoms with Gasteiger partial charge < -0.3 is 4.74 Å². The number of hydrogen-bond donors (Lipinski definition) is 0. The van der Waals surface area contributed by atoms with Gasteiger partial charge in [0.2, 0.25) is 0 Å². The van der Waals surface area contributed by atoms with Crippen LogP contribution in [0.5, 0.6) is 0 Å². The van der Waals surface area contributed by atoms with Gasteiger partial charge in [0.25, 0.3) is 0 Å². The van der Waals surface area contributed by atoms with Crippen LogP contribution in [0.1, 0.15) is 16.8 Å². The number of halogens is 2. The van der Waals surface area contributed by atoms with E-state index in [1.54, 1.807) is 11.8 Å². The normalized spacial score (nSPS) is 10.8. The van der Waals surface area contributed by atoms with Crippen LogP contribution in [0, 0.1) is 0 Å². The second-order valence-corrected chi connectivity index (χ2v) is 4.55. The van der Waals surface area contributed by atoms with Crippen LogP contribution in [0.2, 0.25) is 5.15 Å². The van der Waals surface area contributed by atoms with Crippen LogP contribution >= 0.6 is 23.2 Å². The van der Waals surface area contributed by atoms with Crippen LogP contribution < -0.4 is 0 Å². The van der Waals surface area contributed by atoms with Gasteiger partial charge in [-0.2, -0.15) is 5.10 Å². The van der Waals surface area contributed by atoms with Gasteiger partial charge in [0.15, 0.2) is 0 Å². The molecule has 0 aliphatic carbocycles. The van der Waals surface area contributed by atoms with Crippen molar-refractivity contribution in [3.8, 4) is 0 Å². The number of rotatable bonds is 5. The van der Waals surface area contributed by atoms with Crippen LogP contribution in [0.15, 0.2) is 30.3 Å². The smallest absolute Gasteiger partial charge is 0.132 e. The molecule has 0 saturated carbocycles. The lowest BCUT2D eigenvalue weighted by Crippen LogP contribution is -2.02. The maximum absolute atomic E-state index is 6.28. The number of ether oxygens (including phenoxy) is 1. The number of aromatic nitrogens is 2. The molecule has 18 heavy (non-hydrogen) atoms. The number of alkyl halides is 1. The Labute approximate surface area is 116 Å². The maximum Gasteiger partial charge on any atom is 0.132 e. The van der Waals surface area contributed by atoms with E-state index in [9.17, 15) is 0 Å². The van der Waals surface area contributed by atoms with E-state index in [0.717, 1.165) is 16.8 Å². The molecule has 1 heterocycles. The molecular weight excluding hydrogens is 271 g/mol. The molecule has 2 rings (SSSR count). The van der Waals surface area contributed by atoms with Crippen LogP contribution in [0.3, 0.4) is 0 Å². The summed E-state index contributed by atoms with van der Waals surface area (Å²) >= 11 is 12.2. The van der Waals surface area contributed by atoms with E-state index in [4.69, 9.17) is 27.9 Å². The predicted molar refractivity (Wildman–Crippen MR) is 73.1 cm³/mol. The second-order valence-electron chi connectivity index (χ2n) is 3.93. The van der Waals surface area contributed by atoms with Crippen LogP contribution in [0.4, 0.5) is 0 Å². The predicted octanol–water partition coefficient (Wildman–Crippen LogP) is 3.47. The van der Waals surface area contributed by atoms with Crippen LogP contribution in [-0.2, 0) is 23.8 Å². The molecule has 0 aliphatic heterocycles. The fraction of sp³-hybridized carbons (Fsp3) is 0.308. The topological polar surface area (TPSA) is 27.1 Å². The van der Waals surface area contributed by atoms with Gasteiger partial charge in [0, 0.05) is 12.7 Å². The Balaban J connectivity index is 2.28. The van der Waals surface area contributed by atoms with Crippen molar-refractivity contribution in [3.05, 3.63) is 52.3 Å². The zero-order valence-corrected chi connectivity index (χ0v) is 11.6. The monoisotopic (exact) mass is 284 g/mol. The molecule has 0 saturated heterocycles. The van der Waals surface area contributed by atoms with Gasteiger partial charge in [0.05, 0.1) is 24.7 Å². The quantitative estimate of drug-likeness (QED) is 0.786. The van der Waals surface area contributed by atoms with Crippen molar-refractivity contribution in [2.24, 2.45) is 0 Å². The minimum Gasteiger partial charge on any atom is -0.378 e. The third-order valence-corrected chi connectivity index (χ3v) is 3.35. The Morgan fingerprint density at radius 3 is 2.61 bits per heavy atom. The molecule has 0 bridgehead atoms. The van der Waals surface area contributed by atoms with E-state index >= 15 is 0 Å². The zero-order chi connectivity index (χ0) is 13.0. The SMILES string of the molecule is COCc1nn(Cc2ccccc2)c(Cl)c1CCl. The molecule has 2 aromatic rings. The summed E-state index contributed by atoms with van der Waals surface area (Å²) in [6.07, 6.45) is 0. The molecule has 0 atom stereocenters. The molecule has 1 aromatic heterocycles. The van der Waals surface area contributed by atoms with Gasteiger partial charge >= 0.3 is 0 Å². The highest BCUT2D eigenvalue weighted by Gasteiger charge is 2.15. The minimum atomic E-state index is 0.340.